The highest BCUT2D eigenvalue weighted by Gasteiger charge is 2.25. The lowest BCUT2D eigenvalue weighted by Gasteiger charge is -2.30. The molecule has 25 heavy (non-hydrogen) atoms. The van der Waals surface area contributed by atoms with Crippen LogP contribution in [-0.2, 0) is 10.0 Å². The van der Waals surface area contributed by atoms with Gasteiger partial charge in [0.1, 0.15) is 5.75 Å². The van der Waals surface area contributed by atoms with Gasteiger partial charge in [0.2, 0.25) is 10.0 Å². The van der Waals surface area contributed by atoms with Crippen LogP contribution in [0.5, 0.6) is 5.75 Å². The molecular weight excluding hydrogens is 340 g/mol. The van der Waals surface area contributed by atoms with Crippen molar-refractivity contribution < 1.29 is 17.9 Å². The molecule has 2 fully saturated rings. The summed E-state index contributed by atoms with van der Waals surface area (Å²) in [6, 6.07) is 7.23. The lowest BCUT2D eigenvalue weighted by molar-refractivity contribution is 0.0941. The largest absolute Gasteiger partial charge is 0.493 e. The lowest BCUT2D eigenvalue weighted by Crippen LogP contribution is -2.41. The minimum Gasteiger partial charge on any atom is -0.493 e. The van der Waals surface area contributed by atoms with Crippen LogP contribution >= 0.6 is 0 Å². The van der Waals surface area contributed by atoms with Crippen LogP contribution in [0.25, 0.3) is 0 Å². The number of rotatable bonds is 7. The summed E-state index contributed by atoms with van der Waals surface area (Å²) in [7, 11) is -3.10. The zero-order valence-electron chi connectivity index (χ0n) is 14.6. The van der Waals surface area contributed by atoms with Gasteiger partial charge in [-0.2, -0.15) is 0 Å². The lowest BCUT2D eigenvalue weighted by atomic mass is 9.98. The Labute approximate surface area is 149 Å². The summed E-state index contributed by atoms with van der Waals surface area (Å²) in [6.07, 6.45) is 5.31. The number of sulfonamides is 1. The number of hydrogen-bond acceptors (Lipinski definition) is 4. The van der Waals surface area contributed by atoms with Crippen molar-refractivity contribution in [3.8, 4) is 5.75 Å². The number of nitrogens with zero attached hydrogens (tertiary/aromatic N) is 1. The van der Waals surface area contributed by atoms with Gasteiger partial charge in [-0.15, -0.1) is 0 Å². The Morgan fingerprint density at radius 1 is 1.12 bits per heavy atom. The highest BCUT2D eigenvalue weighted by atomic mass is 32.2. The highest BCUT2D eigenvalue weighted by Crippen LogP contribution is 2.29. The molecule has 0 bridgehead atoms. The first-order valence-corrected chi connectivity index (χ1v) is 10.7. The van der Waals surface area contributed by atoms with E-state index in [-0.39, 0.29) is 5.91 Å². The fourth-order valence-corrected chi connectivity index (χ4v) is 3.86. The van der Waals surface area contributed by atoms with E-state index < -0.39 is 10.0 Å². The van der Waals surface area contributed by atoms with E-state index in [1.807, 2.05) is 12.1 Å². The molecule has 1 heterocycles. The van der Waals surface area contributed by atoms with E-state index in [2.05, 4.69) is 5.32 Å². The van der Waals surface area contributed by atoms with Crippen LogP contribution in [0, 0.1) is 11.8 Å². The minimum atomic E-state index is -3.10. The normalized spacial score (nSPS) is 19.6. The van der Waals surface area contributed by atoms with E-state index in [0.717, 1.165) is 25.2 Å². The molecule has 6 nitrogen and oxygen atoms in total. The number of amides is 1. The molecule has 1 saturated carbocycles. The Bertz CT molecular complexity index is 690. The zero-order valence-corrected chi connectivity index (χ0v) is 15.4. The second-order valence-electron chi connectivity index (χ2n) is 7.09. The molecule has 0 spiro atoms. The molecule has 7 heteroatoms. The summed E-state index contributed by atoms with van der Waals surface area (Å²) in [5, 5.41) is 2.95. The minimum absolute atomic E-state index is 0.0979. The third-order valence-corrected chi connectivity index (χ3v) is 6.20. The van der Waals surface area contributed by atoms with Gasteiger partial charge >= 0.3 is 0 Å². The van der Waals surface area contributed by atoms with E-state index in [4.69, 9.17) is 4.74 Å². The van der Waals surface area contributed by atoms with Crippen molar-refractivity contribution in [1.29, 1.82) is 0 Å². The van der Waals surface area contributed by atoms with Crippen LogP contribution in [0.2, 0.25) is 0 Å². The number of carbonyl (C=O) groups excluding carboxylic acids is 1. The van der Waals surface area contributed by atoms with Crippen LogP contribution < -0.4 is 10.1 Å². The van der Waals surface area contributed by atoms with Crippen molar-refractivity contribution in [2.24, 2.45) is 11.8 Å². The van der Waals surface area contributed by atoms with E-state index in [0.29, 0.717) is 37.0 Å². The van der Waals surface area contributed by atoms with E-state index >= 15 is 0 Å². The smallest absolute Gasteiger partial charge is 0.251 e. The van der Waals surface area contributed by atoms with Gasteiger partial charge in [-0.3, -0.25) is 4.79 Å². The molecule has 3 rings (SSSR count). The number of benzene rings is 1. The summed E-state index contributed by atoms with van der Waals surface area (Å²) in [5.41, 5.74) is 0.618. The first-order chi connectivity index (χ1) is 11.9. The van der Waals surface area contributed by atoms with Gasteiger partial charge in [-0.05, 0) is 61.8 Å². The summed E-state index contributed by atoms with van der Waals surface area (Å²) >= 11 is 0. The van der Waals surface area contributed by atoms with Crippen LogP contribution in [-0.4, -0.2) is 51.1 Å². The maximum absolute atomic E-state index is 12.2. The number of nitrogens with one attached hydrogen (secondary N) is 1. The Hall–Kier alpha value is -1.60. The molecule has 0 atom stereocenters. The topological polar surface area (TPSA) is 75.7 Å². The van der Waals surface area contributed by atoms with Gasteiger partial charge in [0.15, 0.2) is 0 Å². The van der Waals surface area contributed by atoms with Crippen molar-refractivity contribution in [2.45, 2.75) is 25.7 Å². The monoisotopic (exact) mass is 366 g/mol. The van der Waals surface area contributed by atoms with Gasteiger partial charge in [0.25, 0.3) is 5.91 Å². The fraction of sp³-hybridized carbons (Fsp3) is 0.611. The molecule has 1 aliphatic carbocycles. The van der Waals surface area contributed by atoms with Crippen LogP contribution in [0.3, 0.4) is 0 Å². The SMILES string of the molecule is CS(=O)(=O)N1CCC(CNC(=O)c2ccc(OCC3CC3)cc2)CC1. The molecule has 2 aliphatic rings. The van der Waals surface area contributed by atoms with E-state index in [1.165, 1.54) is 23.4 Å². The number of carbonyl (C=O) groups is 1. The molecule has 1 aliphatic heterocycles. The molecule has 1 N–H and O–H groups in total. The number of piperidine rings is 1. The molecular formula is C18H26N2O4S. The van der Waals surface area contributed by atoms with Crippen molar-refractivity contribution in [3.05, 3.63) is 29.8 Å². The number of ether oxygens (including phenoxy) is 1. The molecule has 0 aromatic heterocycles. The van der Waals surface area contributed by atoms with Gasteiger partial charge in [-0.1, -0.05) is 0 Å². The quantitative estimate of drug-likeness (QED) is 0.799. The van der Waals surface area contributed by atoms with Crippen LogP contribution in [0.15, 0.2) is 24.3 Å². The summed E-state index contributed by atoms with van der Waals surface area (Å²) in [6.45, 7) is 2.41. The highest BCUT2D eigenvalue weighted by molar-refractivity contribution is 7.88. The first-order valence-electron chi connectivity index (χ1n) is 8.88. The van der Waals surface area contributed by atoms with E-state index in [1.54, 1.807) is 12.1 Å². The predicted molar refractivity (Wildman–Crippen MR) is 96.1 cm³/mol. The Morgan fingerprint density at radius 3 is 2.32 bits per heavy atom. The van der Waals surface area contributed by atoms with Crippen LogP contribution in [0.4, 0.5) is 0 Å². The molecule has 1 aromatic carbocycles. The molecule has 1 aromatic rings. The second kappa shape index (κ2) is 7.74. The maximum Gasteiger partial charge on any atom is 0.251 e. The Kier molecular flexibility index (Phi) is 5.64. The maximum atomic E-state index is 12.2. The summed E-state index contributed by atoms with van der Waals surface area (Å²) in [4.78, 5) is 12.2. The van der Waals surface area contributed by atoms with Gasteiger partial charge in [-0.25, -0.2) is 12.7 Å². The molecule has 1 amide bonds. The third kappa shape index (κ3) is 5.44. The van der Waals surface area contributed by atoms with Gasteiger partial charge in [0.05, 0.1) is 12.9 Å². The van der Waals surface area contributed by atoms with Gasteiger partial charge < -0.3 is 10.1 Å². The molecule has 0 radical (unpaired) electrons. The average Bonchev–Trinajstić information content (AvgIpc) is 3.42. The predicted octanol–water partition coefficient (Wildman–Crippen LogP) is 1.88. The third-order valence-electron chi connectivity index (χ3n) is 4.89. The van der Waals surface area contributed by atoms with Crippen molar-refractivity contribution in [1.82, 2.24) is 9.62 Å². The molecule has 138 valence electrons. The average molecular weight is 366 g/mol. The summed E-state index contributed by atoms with van der Waals surface area (Å²) in [5.74, 6) is 1.73. The Balaban J connectivity index is 1.41. The standard InChI is InChI=1S/C18H26N2O4S/c1-25(22,23)20-10-8-14(9-11-20)12-19-18(21)16-4-6-17(7-5-16)24-13-15-2-3-15/h4-7,14-15H,2-3,8-13H2,1H3,(H,19,21). The van der Waals surface area contributed by atoms with Crippen molar-refractivity contribution in [2.75, 3.05) is 32.5 Å². The number of hydrogen-bond donors (Lipinski definition) is 1. The van der Waals surface area contributed by atoms with Gasteiger partial charge in [0, 0.05) is 25.2 Å². The van der Waals surface area contributed by atoms with Crippen molar-refractivity contribution >= 4 is 15.9 Å². The molecule has 1 saturated heterocycles. The van der Waals surface area contributed by atoms with Crippen molar-refractivity contribution in [3.63, 3.8) is 0 Å². The van der Waals surface area contributed by atoms with E-state index in [9.17, 15) is 13.2 Å². The summed E-state index contributed by atoms with van der Waals surface area (Å²) < 4.78 is 30.2. The molecule has 0 unspecified atom stereocenters. The van der Waals surface area contributed by atoms with Crippen LogP contribution in [0.1, 0.15) is 36.0 Å². The first kappa shape index (κ1) is 18.2. The Morgan fingerprint density at radius 2 is 1.76 bits per heavy atom. The second-order valence-corrected chi connectivity index (χ2v) is 9.08. The zero-order chi connectivity index (χ0) is 17.9. The fourth-order valence-electron chi connectivity index (χ4n) is 2.99.